The van der Waals surface area contributed by atoms with Gasteiger partial charge < -0.3 is 4.57 Å². The van der Waals surface area contributed by atoms with Crippen LogP contribution in [-0.2, 0) is 16.0 Å². The average molecular weight is 546 g/mol. The van der Waals surface area contributed by atoms with Gasteiger partial charge in [0.05, 0.1) is 29.1 Å². The number of rotatable bonds is 5. The van der Waals surface area contributed by atoms with Crippen LogP contribution in [0.25, 0.3) is 16.8 Å². The molecule has 190 valence electrons. The van der Waals surface area contributed by atoms with Gasteiger partial charge in [-0.15, -0.1) is 0 Å². The Hall–Kier alpha value is -3.70. The average Bonchev–Trinajstić information content (AvgIpc) is 3.54. The summed E-state index contributed by atoms with van der Waals surface area (Å²) in [5.74, 6) is 0. The molecule has 2 heterocycles. The largest absolute Gasteiger partial charge is 0.434 e. The smallest absolute Gasteiger partial charge is 0.303 e. The second-order valence-electron chi connectivity index (χ2n) is 8.49. The summed E-state index contributed by atoms with van der Waals surface area (Å²) in [6.45, 7) is 0.326. The van der Waals surface area contributed by atoms with E-state index in [0.717, 1.165) is 24.3 Å². The highest BCUT2D eigenvalue weighted by Crippen LogP contribution is 2.39. The number of hydrogen-bond acceptors (Lipinski definition) is 6. The van der Waals surface area contributed by atoms with E-state index in [-0.39, 0.29) is 10.9 Å². The van der Waals surface area contributed by atoms with Crippen LogP contribution in [0.1, 0.15) is 17.3 Å². The fourth-order valence-corrected chi connectivity index (χ4v) is 4.87. The number of hydrogen-bond donors (Lipinski definition) is 0. The van der Waals surface area contributed by atoms with Crippen LogP contribution >= 0.6 is 11.6 Å². The van der Waals surface area contributed by atoms with Crippen LogP contribution in [0.4, 0.5) is 18.9 Å². The minimum Gasteiger partial charge on any atom is -0.303 e. The summed E-state index contributed by atoms with van der Waals surface area (Å²) in [6, 6.07) is 18.4. The van der Waals surface area contributed by atoms with Crippen molar-refractivity contribution in [3.05, 3.63) is 95.5 Å². The van der Waals surface area contributed by atoms with Gasteiger partial charge in [0.2, 0.25) is 0 Å². The first-order chi connectivity index (χ1) is 17.5. The molecule has 0 aliphatic carbocycles. The Labute approximate surface area is 215 Å². The van der Waals surface area contributed by atoms with Crippen molar-refractivity contribution in [3.63, 3.8) is 0 Å². The van der Waals surface area contributed by atoms with Crippen LogP contribution < -0.4 is 5.01 Å². The van der Waals surface area contributed by atoms with Gasteiger partial charge in [0.15, 0.2) is 15.5 Å². The van der Waals surface area contributed by atoms with E-state index >= 15 is 0 Å². The lowest BCUT2D eigenvalue weighted by Crippen LogP contribution is -2.22. The van der Waals surface area contributed by atoms with Crippen LogP contribution in [0.2, 0.25) is 5.02 Å². The fraction of sp³-hybridized carbons (Fsp3) is 0.160. The molecule has 1 unspecified atom stereocenters. The molecule has 0 saturated heterocycles. The molecule has 12 heteroatoms. The second-order valence-corrected chi connectivity index (χ2v) is 10.9. The molecule has 1 aliphatic heterocycles. The van der Waals surface area contributed by atoms with Crippen molar-refractivity contribution in [2.75, 3.05) is 17.8 Å². The van der Waals surface area contributed by atoms with Crippen LogP contribution in [0.3, 0.4) is 0 Å². The number of anilines is 1. The molecule has 0 amide bonds. The monoisotopic (exact) mass is 545 g/mol. The molecule has 0 fully saturated rings. The quantitative estimate of drug-likeness (QED) is 0.285. The van der Waals surface area contributed by atoms with E-state index in [0.29, 0.717) is 34.1 Å². The summed E-state index contributed by atoms with van der Waals surface area (Å²) in [7, 11) is -3.44. The number of nitrogens with zero attached hydrogens (tertiary/aromatic N) is 5. The maximum absolute atomic E-state index is 13.3. The van der Waals surface area contributed by atoms with Gasteiger partial charge in [-0.1, -0.05) is 47.2 Å². The highest BCUT2D eigenvalue weighted by molar-refractivity contribution is 7.90. The normalized spacial score (nSPS) is 15.9. The molecule has 1 atom stereocenters. The number of imidazole rings is 1. The number of aromatic nitrogens is 2. The minimum atomic E-state index is -4.60. The molecule has 0 radical (unpaired) electrons. The molecular formula is C25H19ClF3N5O2S. The third-order valence-electron chi connectivity index (χ3n) is 5.93. The predicted molar refractivity (Wildman–Crippen MR) is 134 cm³/mol. The number of benzene rings is 3. The molecule has 7 nitrogen and oxygen atoms in total. The van der Waals surface area contributed by atoms with Crippen molar-refractivity contribution < 1.29 is 21.6 Å². The van der Waals surface area contributed by atoms with E-state index in [4.69, 9.17) is 11.6 Å². The van der Waals surface area contributed by atoms with E-state index < -0.39 is 21.7 Å². The molecule has 0 bridgehead atoms. The van der Waals surface area contributed by atoms with E-state index in [2.05, 4.69) is 15.3 Å². The van der Waals surface area contributed by atoms with Crippen molar-refractivity contribution in [3.8, 4) is 16.8 Å². The number of sulfone groups is 1. The molecule has 5 rings (SSSR count). The first kappa shape index (κ1) is 25.0. The first-order valence-corrected chi connectivity index (χ1v) is 13.3. The molecule has 1 aliphatic rings. The van der Waals surface area contributed by atoms with Crippen LogP contribution in [-0.4, -0.2) is 30.8 Å². The number of halogens is 4. The van der Waals surface area contributed by atoms with Crippen LogP contribution in [0.5, 0.6) is 0 Å². The predicted octanol–water partition coefficient (Wildman–Crippen LogP) is 6.54. The highest BCUT2D eigenvalue weighted by Gasteiger charge is 2.34. The van der Waals surface area contributed by atoms with Gasteiger partial charge in [0, 0.05) is 17.5 Å². The zero-order valence-electron chi connectivity index (χ0n) is 19.3. The Morgan fingerprint density at radius 2 is 1.70 bits per heavy atom. The summed E-state index contributed by atoms with van der Waals surface area (Å²) in [5, 5.41) is 10.7. The molecule has 4 aromatic rings. The Balaban J connectivity index is 1.65. The van der Waals surface area contributed by atoms with Crippen molar-refractivity contribution >= 4 is 27.1 Å². The third kappa shape index (κ3) is 5.09. The lowest BCUT2D eigenvalue weighted by atomic mass is 10.0. The van der Waals surface area contributed by atoms with Gasteiger partial charge in [-0.05, 0) is 53.1 Å². The highest BCUT2D eigenvalue weighted by atomic mass is 35.5. The zero-order chi connectivity index (χ0) is 26.4. The second kappa shape index (κ2) is 9.31. The molecule has 0 spiro atoms. The van der Waals surface area contributed by atoms with Gasteiger partial charge in [-0.3, -0.25) is 0 Å². The molecule has 3 aromatic carbocycles. The summed E-state index contributed by atoms with van der Waals surface area (Å²) in [6.07, 6.45) is -1.47. The summed E-state index contributed by atoms with van der Waals surface area (Å²) in [4.78, 5) is 3.67. The van der Waals surface area contributed by atoms with Crippen molar-refractivity contribution in [1.29, 1.82) is 0 Å². The van der Waals surface area contributed by atoms with Crippen LogP contribution in [0, 0.1) is 0 Å². The lowest BCUT2D eigenvalue weighted by molar-refractivity contribution is -0.140. The zero-order valence-corrected chi connectivity index (χ0v) is 20.8. The Bertz CT molecular complexity index is 1600. The molecule has 1 aromatic heterocycles. The minimum absolute atomic E-state index is 0.153. The summed E-state index contributed by atoms with van der Waals surface area (Å²) < 4.78 is 65.3. The van der Waals surface area contributed by atoms with E-state index in [9.17, 15) is 21.6 Å². The molecule has 0 saturated carbocycles. The van der Waals surface area contributed by atoms with Crippen molar-refractivity contribution in [2.24, 2.45) is 10.3 Å². The molecule has 0 N–H and O–H groups in total. The van der Waals surface area contributed by atoms with Gasteiger partial charge in [0.25, 0.3) is 0 Å². The lowest BCUT2D eigenvalue weighted by Gasteiger charge is -2.25. The number of alkyl halides is 3. The van der Waals surface area contributed by atoms with E-state index in [1.165, 1.54) is 10.6 Å². The maximum Gasteiger partial charge on any atom is 0.434 e. The van der Waals surface area contributed by atoms with Crippen molar-refractivity contribution in [1.82, 2.24) is 9.55 Å². The fourth-order valence-electron chi connectivity index (χ4n) is 4.08. The van der Waals surface area contributed by atoms with E-state index in [1.54, 1.807) is 53.5 Å². The SMILES string of the molecule is CS(=O)(=O)c1cccc(-c2ccc(-n3cnc(C(F)(F)F)c3)c(N3N=NCC3c3ccc(Cl)cc3)c2)c1. The Morgan fingerprint density at radius 3 is 2.38 bits per heavy atom. The standard InChI is InChI=1S/C25H19ClF3N5O2S/c1-37(35,36)20-4-2-3-17(11-20)18-7-10-21(33-14-24(30-15-33)25(27,28)29)22(12-18)34-23(13-31-32-34)16-5-8-19(26)9-6-16/h2-12,14-15,23H,13H2,1H3. The van der Waals surface area contributed by atoms with Crippen LogP contribution in [0.15, 0.2) is 94.5 Å². The molecule has 37 heavy (non-hydrogen) atoms. The first-order valence-electron chi connectivity index (χ1n) is 11.0. The maximum atomic E-state index is 13.3. The topological polar surface area (TPSA) is 79.9 Å². The summed E-state index contributed by atoms with van der Waals surface area (Å²) in [5.41, 5.74) is 1.97. The van der Waals surface area contributed by atoms with Gasteiger partial charge in [-0.25, -0.2) is 18.4 Å². The summed E-state index contributed by atoms with van der Waals surface area (Å²) >= 11 is 6.04. The van der Waals surface area contributed by atoms with Gasteiger partial charge in [-0.2, -0.15) is 18.3 Å². The third-order valence-corrected chi connectivity index (χ3v) is 7.30. The Kier molecular flexibility index (Phi) is 6.28. The van der Waals surface area contributed by atoms with Gasteiger partial charge >= 0.3 is 6.18 Å². The molecular weight excluding hydrogens is 527 g/mol. The van der Waals surface area contributed by atoms with E-state index in [1.807, 2.05) is 12.1 Å². The van der Waals surface area contributed by atoms with Crippen molar-refractivity contribution in [2.45, 2.75) is 17.1 Å². The Morgan fingerprint density at radius 1 is 0.973 bits per heavy atom. The van der Waals surface area contributed by atoms with Gasteiger partial charge in [0.1, 0.15) is 6.04 Å².